The van der Waals surface area contributed by atoms with Gasteiger partial charge in [0.05, 0.1) is 8.95 Å². The summed E-state index contributed by atoms with van der Waals surface area (Å²) in [7, 11) is 3.79. The molecule has 0 fully saturated rings. The Kier molecular flexibility index (Phi) is 6.48. The van der Waals surface area contributed by atoms with Crippen LogP contribution in [-0.2, 0) is 11.3 Å². The Morgan fingerprint density at radius 1 is 1.29 bits per heavy atom. The van der Waals surface area contributed by atoms with Gasteiger partial charge in [-0.3, -0.25) is 0 Å². The number of ether oxygens (including phenoxy) is 1. The molecule has 1 rings (SSSR count). The summed E-state index contributed by atoms with van der Waals surface area (Å²) < 4.78 is 6.45. The first-order valence-corrected chi connectivity index (χ1v) is 6.97. The second-order valence-electron chi connectivity index (χ2n) is 3.99. The van der Waals surface area contributed by atoms with Crippen LogP contribution in [-0.4, -0.2) is 37.3 Å². The molecule has 0 aliphatic heterocycles. The number of hydrogen-bond donors (Lipinski definition) is 1. The van der Waals surface area contributed by atoms with Crippen LogP contribution < -0.4 is 0 Å². The molecular weight excluding hydrogens is 350 g/mol. The molecule has 0 amide bonds. The predicted octanol–water partition coefficient (Wildman–Crippen LogP) is 3.39. The molecule has 0 spiro atoms. The lowest BCUT2D eigenvalue weighted by Crippen LogP contribution is -2.20. The highest BCUT2D eigenvalue weighted by Gasteiger charge is 2.07. The minimum absolute atomic E-state index is 0.246. The summed E-state index contributed by atoms with van der Waals surface area (Å²) in [5, 5.41) is 9.61. The van der Waals surface area contributed by atoms with E-state index in [0.29, 0.717) is 8.95 Å². The lowest BCUT2D eigenvalue weighted by molar-refractivity contribution is 0.178. The maximum absolute atomic E-state index is 9.61. The summed E-state index contributed by atoms with van der Waals surface area (Å²) in [6.07, 6.45) is 1.02. The van der Waals surface area contributed by atoms with Crippen molar-refractivity contribution in [1.29, 1.82) is 0 Å². The number of phenolic OH excluding ortho intramolecular Hbond substituents is 1. The number of halogens is 2. The molecule has 0 saturated carbocycles. The molecule has 1 N–H and O–H groups in total. The lowest BCUT2D eigenvalue weighted by Gasteiger charge is -2.17. The molecule has 0 bridgehead atoms. The van der Waals surface area contributed by atoms with Crippen molar-refractivity contribution in [1.82, 2.24) is 4.90 Å². The molecule has 0 heterocycles. The summed E-state index contributed by atoms with van der Waals surface area (Å²) in [4.78, 5) is 2.23. The van der Waals surface area contributed by atoms with Gasteiger partial charge in [0.25, 0.3) is 0 Å². The van der Waals surface area contributed by atoms with Gasteiger partial charge in [-0.2, -0.15) is 0 Å². The third kappa shape index (κ3) is 4.95. The zero-order valence-corrected chi connectivity index (χ0v) is 13.2. The first-order valence-electron chi connectivity index (χ1n) is 5.39. The molecule has 0 aromatic heterocycles. The Hall–Kier alpha value is -0.100. The van der Waals surface area contributed by atoms with E-state index in [-0.39, 0.29) is 5.75 Å². The van der Waals surface area contributed by atoms with E-state index in [0.717, 1.165) is 31.7 Å². The number of phenols is 1. The van der Waals surface area contributed by atoms with E-state index >= 15 is 0 Å². The molecule has 3 nitrogen and oxygen atoms in total. The van der Waals surface area contributed by atoms with Gasteiger partial charge in [-0.15, -0.1) is 0 Å². The number of aromatic hydroxyl groups is 1. The molecule has 0 radical (unpaired) electrons. The second-order valence-corrected chi connectivity index (χ2v) is 5.70. The maximum atomic E-state index is 9.61. The van der Waals surface area contributed by atoms with E-state index in [9.17, 15) is 5.11 Å². The fraction of sp³-hybridized carbons (Fsp3) is 0.500. The van der Waals surface area contributed by atoms with Gasteiger partial charge in [-0.25, -0.2) is 0 Å². The van der Waals surface area contributed by atoms with Crippen LogP contribution in [0.4, 0.5) is 0 Å². The molecular formula is C12H17Br2NO2. The zero-order chi connectivity index (χ0) is 12.8. The van der Waals surface area contributed by atoms with Crippen molar-refractivity contribution in [2.24, 2.45) is 0 Å². The summed E-state index contributed by atoms with van der Waals surface area (Å²) >= 11 is 6.66. The third-order valence-electron chi connectivity index (χ3n) is 2.42. The Morgan fingerprint density at radius 2 is 1.88 bits per heavy atom. The Labute approximate surface area is 119 Å². The van der Waals surface area contributed by atoms with Crippen molar-refractivity contribution in [3.8, 4) is 5.75 Å². The maximum Gasteiger partial charge on any atom is 0.143 e. The number of methoxy groups -OCH3 is 1. The van der Waals surface area contributed by atoms with E-state index in [4.69, 9.17) is 4.74 Å². The van der Waals surface area contributed by atoms with E-state index in [1.54, 1.807) is 7.11 Å². The minimum atomic E-state index is 0.246. The average Bonchev–Trinajstić information content (AvgIpc) is 2.26. The molecule has 0 aliphatic carbocycles. The van der Waals surface area contributed by atoms with Crippen LogP contribution in [0.2, 0.25) is 0 Å². The molecule has 5 heteroatoms. The third-order valence-corrected chi connectivity index (χ3v) is 3.63. The van der Waals surface area contributed by atoms with Gasteiger partial charge >= 0.3 is 0 Å². The average molecular weight is 367 g/mol. The van der Waals surface area contributed by atoms with Gasteiger partial charge in [0.15, 0.2) is 0 Å². The second kappa shape index (κ2) is 7.36. The van der Waals surface area contributed by atoms with Gasteiger partial charge in [0, 0.05) is 26.8 Å². The zero-order valence-electron chi connectivity index (χ0n) is 10.0. The van der Waals surface area contributed by atoms with Crippen molar-refractivity contribution >= 4 is 31.9 Å². The van der Waals surface area contributed by atoms with Crippen molar-refractivity contribution in [3.05, 3.63) is 26.6 Å². The van der Waals surface area contributed by atoms with Crippen LogP contribution in [0.5, 0.6) is 5.75 Å². The summed E-state index contributed by atoms with van der Waals surface area (Å²) in [5.41, 5.74) is 1.15. The van der Waals surface area contributed by atoms with Gasteiger partial charge in [0.1, 0.15) is 5.75 Å². The van der Waals surface area contributed by atoms with Crippen LogP contribution in [0.15, 0.2) is 21.1 Å². The first-order chi connectivity index (χ1) is 8.04. The van der Waals surface area contributed by atoms with Gasteiger partial charge in [0.2, 0.25) is 0 Å². The van der Waals surface area contributed by atoms with Gasteiger partial charge in [-0.1, -0.05) is 0 Å². The van der Waals surface area contributed by atoms with Crippen LogP contribution in [0.1, 0.15) is 12.0 Å². The Balaban J connectivity index is 2.56. The van der Waals surface area contributed by atoms with E-state index in [1.807, 2.05) is 12.1 Å². The fourth-order valence-corrected chi connectivity index (χ4v) is 2.86. The Bertz CT molecular complexity index is 349. The fourth-order valence-electron chi connectivity index (χ4n) is 1.58. The van der Waals surface area contributed by atoms with Gasteiger partial charge in [-0.05, 0) is 63.0 Å². The summed E-state index contributed by atoms with van der Waals surface area (Å²) in [5.74, 6) is 0.246. The van der Waals surface area contributed by atoms with Gasteiger partial charge < -0.3 is 14.7 Å². The minimum Gasteiger partial charge on any atom is -0.506 e. The predicted molar refractivity (Wildman–Crippen MR) is 76.3 cm³/mol. The molecule has 96 valence electrons. The topological polar surface area (TPSA) is 32.7 Å². The monoisotopic (exact) mass is 365 g/mol. The van der Waals surface area contributed by atoms with E-state index in [1.165, 1.54) is 0 Å². The molecule has 1 aromatic rings. The number of benzene rings is 1. The van der Waals surface area contributed by atoms with Crippen LogP contribution in [0.25, 0.3) is 0 Å². The summed E-state index contributed by atoms with van der Waals surface area (Å²) in [6.45, 7) is 2.62. The summed E-state index contributed by atoms with van der Waals surface area (Å²) in [6, 6.07) is 3.87. The number of nitrogens with zero attached hydrogens (tertiary/aromatic N) is 1. The Morgan fingerprint density at radius 3 is 2.41 bits per heavy atom. The highest BCUT2D eigenvalue weighted by Crippen LogP contribution is 2.33. The highest BCUT2D eigenvalue weighted by molar-refractivity contribution is 9.11. The van der Waals surface area contributed by atoms with E-state index < -0.39 is 0 Å². The molecule has 0 unspecified atom stereocenters. The van der Waals surface area contributed by atoms with Crippen molar-refractivity contribution in [2.75, 3.05) is 27.3 Å². The SMILES string of the molecule is COCCCN(C)Cc1cc(Br)c(O)c(Br)c1. The number of hydrogen-bond acceptors (Lipinski definition) is 3. The van der Waals surface area contributed by atoms with Crippen LogP contribution in [0.3, 0.4) is 0 Å². The van der Waals surface area contributed by atoms with Crippen molar-refractivity contribution in [2.45, 2.75) is 13.0 Å². The van der Waals surface area contributed by atoms with Crippen LogP contribution in [0, 0.1) is 0 Å². The quantitative estimate of drug-likeness (QED) is 0.783. The molecule has 0 saturated heterocycles. The largest absolute Gasteiger partial charge is 0.506 e. The lowest BCUT2D eigenvalue weighted by atomic mass is 10.2. The highest BCUT2D eigenvalue weighted by atomic mass is 79.9. The van der Waals surface area contributed by atoms with Crippen molar-refractivity contribution in [3.63, 3.8) is 0 Å². The first kappa shape index (κ1) is 15.0. The normalized spacial score (nSPS) is 11.1. The molecule has 1 aromatic carbocycles. The van der Waals surface area contributed by atoms with E-state index in [2.05, 4.69) is 43.8 Å². The van der Waals surface area contributed by atoms with Crippen molar-refractivity contribution < 1.29 is 9.84 Å². The smallest absolute Gasteiger partial charge is 0.143 e. The van der Waals surface area contributed by atoms with Crippen LogP contribution >= 0.6 is 31.9 Å². The standard InChI is InChI=1S/C12H17Br2NO2/c1-15(4-3-5-17-2)8-9-6-10(13)12(16)11(14)7-9/h6-7,16H,3-5,8H2,1-2H3. The molecule has 0 aliphatic rings. The molecule has 17 heavy (non-hydrogen) atoms. The molecule has 0 atom stereocenters. The number of rotatable bonds is 6.